The van der Waals surface area contributed by atoms with Gasteiger partial charge in [0, 0.05) is 17.8 Å². The lowest BCUT2D eigenvalue weighted by molar-refractivity contribution is 0.590. The second kappa shape index (κ2) is 5.92. The monoisotopic (exact) mass is 334 g/mol. The molecule has 1 aromatic heterocycles. The first-order valence-corrected chi connectivity index (χ1v) is 9.13. The molecule has 20 heavy (non-hydrogen) atoms. The average molecular weight is 335 g/mol. The highest BCUT2D eigenvalue weighted by molar-refractivity contribution is 7.90. The number of imidazole rings is 1. The number of alkyl halides is 1. The van der Waals surface area contributed by atoms with Crippen molar-refractivity contribution in [1.82, 2.24) is 9.55 Å². The van der Waals surface area contributed by atoms with Crippen LogP contribution in [0.3, 0.4) is 0 Å². The van der Waals surface area contributed by atoms with Crippen LogP contribution in [-0.4, -0.2) is 30.0 Å². The molecule has 0 aliphatic rings. The van der Waals surface area contributed by atoms with Crippen LogP contribution in [0.25, 0.3) is 11.0 Å². The molecule has 0 saturated heterocycles. The Morgan fingerprint density at radius 3 is 2.70 bits per heavy atom. The molecular formula is C13H16Cl2N2O2S. The predicted octanol–water partition coefficient (Wildman–Crippen LogP) is 3.42. The van der Waals surface area contributed by atoms with Crippen LogP contribution in [0.2, 0.25) is 5.02 Å². The number of benzene rings is 1. The van der Waals surface area contributed by atoms with Crippen molar-refractivity contribution in [2.24, 2.45) is 0 Å². The van der Waals surface area contributed by atoms with Gasteiger partial charge in [-0.1, -0.05) is 11.6 Å². The molecule has 0 aliphatic heterocycles. The van der Waals surface area contributed by atoms with Crippen LogP contribution in [0.5, 0.6) is 0 Å². The molecule has 0 amide bonds. The van der Waals surface area contributed by atoms with Crippen molar-refractivity contribution in [3.63, 3.8) is 0 Å². The Labute approximate surface area is 128 Å². The molecule has 4 nitrogen and oxygen atoms in total. The summed E-state index contributed by atoms with van der Waals surface area (Å²) in [6, 6.07) is 5.46. The van der Waals surface area contributed by atoms with Gasteiger partial charge in [-0.05, 0) is 31.5 Å². The maximum absolute atomic E-state index is 11.2. The summed E-state index contributed by atoms with van der Waals surface area (Å²) < 4.78 is 24.4. The van der Waals surface area contributed by atoms with E-state index in [1.54, 1.807) is 12.1 Å². The number of halogens is 2. The Bertz CT molecular complexity index is 723. The zero-order valence-corrected chi connectivity index (χ0v) is 13.6. The van der Waals surface area contributed by atoms with Gasteiger partial charge in [-0.25, -0.2) is 13.4 Å². The molecule has 110 valence electrons. The number of rotatable bonds is 5. The van der Waals surface area contributed by atoms with Crippen molar-refractivity contribution < 1.29 is 8.42 Å². The molecule has 1 unspecified atom stereocenters. The highest BCUT2D eigenvalue weighted by Gasteiger charge is 2.15. The van der Waals surface area contributed by atoms with E-state index in [0.717, 1.165) is 16.9 Å². The van der Waals surface area contributed by atoms with Gasteiger partial charge in [0.25, 0.3) is 0 Å². The van der Waals surface area contributed by atoms with Gasteiger partial charge in [-0.15, -0.1) is 11.6 Å². The maximum Gasteiger partial charge on any atom is 0.147 e. The van der Waals surface area contributed by atoms with E-state index in [2.05, 4.69) is 4.98 Å². The largest absolute Gasteiger partial charge is 0.327 e. The van der Waals surface area contributed by atoms with Gasteiger partial charge >= 0.3 is 0 Å². The van der Waals surface area contributed by atoms with Gasteiger partial charge in [-0.2, -0.15) is 0 Å². The zero-order valence-electron chi connectivity index (χ0n) is 11.3. The van der Waals surface area contributed by atoms with Gasteiger partial charge in [0.2, 0.25) is 0 Å². The second-order valence-electron chi connectivity index (χ2n) is 4.85. The van der Waals surface area contributed by atoms with Gasteiger partial charge < -0.3 is 4.57 Å². The summed E-state index contributed by atoms with van der Waals surface area (Å²) in [5.41, 5.74) is 1.70. The molecule has 0 fully saturated rings. The standard InChI is InChI=1S/C13H16Cl2N2O2S/c1-9(14)13-16-11-8-10(15)4-5-12(11)17(13)6-3-7-20(2,18)19/h4-5,8-9H,3,6-7H2,1-2H3. The Morgan fingerprint density at radius 1 is 1.40 bits per heavy atom. The van der Waals surface area contributed by atoms with Gasteiger partial charge in [-0.3, -0.25) is 0 Å². The molecule has 0 radical (unpaired) electrons. The fourth-order valence-corrected chi connectivity index (χ4v) is 3.13. The summed E-state index contributed by atoms with van der Waals surface area (Å²) in [6.07, 6.45) is 1.77. The summed E-state index contributed by atoms with van der Waals surface area (Å²) >= 11 is 12.1. The second-order valence-corrected chi connectivity index (χ2v) is 8.20. The smallest absolute Gasteiger partial charge is 0.147 e. The van der Waals surface area contributed by atoms with E-state index < -0.39 is 9.84 Å². The minimum atomic E-state index is -2.96. The Balaban J connectivity index is 2.36. The molecule has 0 bridgehead atoms. The summed E-state index contributed by atoms with van der Waals surface area (Å²) in [6.45, 7) is 2.41. The molecule has 2 rings (SSSR count). The number of aromatic nitrogens is 2. The molecule has 2 aromatic rings. The SMILES string of the molecule is CC(Cl)c1nc2cc(Cl)ccc2n1CCCS(C)(=O)=O. The number of hydrogen-bond acceptors (Lipinski definition) is 3. The predicted molar refractivity (Wildman–Crippen MR) is 83.3 cm³/mol. The first-order chi connectivity index (χ1) is 9.28. The maximum atomic E-state index is 11.2. The third-order valence-corrected chi connectivity index (χ3v) is 4.45. The molecule has 1 atom stereocenters. The summed E-state index contributed by atoms with van der Waals surface area (Å²) in [5, 5.41) is 0.367. The third-order valence-electron chi connectivity index (χ3n) is 2.99. The van der Waals surface area contributed by atoms with E-state index in [1.807, 2.05) is 17.6 Å². The number of sulfone groups is 1. The van der Waals surface area contributed by atoms with Crippen LogP contribution in [0.15, 0.2) is 18.2 Å². The summed E-state index contributed by atoms with van der Waals surface area (Å²) in [5.74, 6) is 0.883. The Hall–Kier alpha value is -0.780. The van der Waals surface area contributed by atoms with Crippen LogP contribution >= 0.6 is 23.2 Å². The zero-order chi connectivity index (χ0) is 14.9. The van der Waals surface area contributed by atoms with Gasteiger partial charge in [0.15, 0.2) is 0 Å². The summed E-state index contributed by atoms with van der Waals surface area (Å²) in [7, 11) is -2.96. The van der Waals surface area contributed by atoms with Crippen molar-refractivity contribution in [1.29, 1.82) is 0 Å². The quantitative estimate of drug-likeness (QED) is 0.787. The van der Waals surface area contributed by atoms with E-state index in [4.69, 9.17) is 23.2 Å². The highest BCUT2D eigenvalue weighted by atomic mass is 35.5. The minimum absolute atomic E-state index is 0.149. The lowest BCUT2D eigenvalue weighted by Gasteiger charge is -2.10. The van der Waals surface area contributed by atoms with Gasteiger partial charge in [0.05, 0.1) is 22.2 Å². The van der Waals surface area contributed by atoms with Crippen LogP contribution in [0.1, 0.15) is 24.5 Å². The van der Waals surface area contributed by atoms with Crippen LogP contribution in [-0.2, 0) is 16.4 Å². The molecule has 0 spiro atoms. The van der Waals surface area contributed by atoms with Crippen LogP contribution in [0.4, 0.5) is 0 Å². The van der Waals surface area contributed by atoms with E-state index in [1.165, 1.54) is 6.26 Å². The molecule has 0 aliphatic carbocycles. The van der Waals surface area contributed by atoms with E-state index >= 15 is 0 Å². The fourth-order valence-electron chi connectivity index (χ4n) is 2.15. The van der Waals surface area contributed by atoms with Crippen molar-refractivity contribution in [2.45, 2.75) is 25.3 Å². The molecule has 1 aromatic carbocycles. The number of aryl methyl sites for hydroxylation is 1. The molecule has 0 saturated carbocycles. The Kier molecular flexibility index (Phi) is 4.62. The minimum Gasteiger partial charge on any atom is -0.327 e. The number of fused-ring (bicyclic) bond motifs is 1. The van der Waals surface area contributed by atoms with E-state index in [0.29, 0.717) is 18.0 Å². The van der Waals surface area contributed by atoms with Crippen molar-refractivity contribution in [2.75, 3.05) is 12.0 Å². The van der Waals surface area contributed by atoms with E-state index in [-0.39, 0.29) is 11.1 Å². The topological polar surface area (TPSA) is 52.0 Å². The first kappa shape index (κ1) is 15.6. The fraction of sp³-hybridized carbons (Fsp3) is 0.462. The van der Waals surface area contributed by atoms with Crippen LogP contribution in [0, 0.1) is 0 Å². The van der Waals surface area contributed by atoms with Crippen LogP contribution < -0.4 is 0 Å². The number of nitrogens with zero attached hydrogens (tertiary/aromatic N) is 2. The molecule has 7 heteroatoms. The third kappa shape index (κ3) is 3.65. The van der Waals surface area contributed by atoms with Crippen molar-refractivity contribution in [3.8, 4) is 0 Å². The van der Waals surface area contributed by atoms with Gasteiger partial charge in [0.1, 0.15) is 15.7 Å². The Morgan fingerprint density at radius 2 is 2.10 bits per heavy atom. The van der Waals surface area contributed by atoms with Crippen molar-refractivity contribution >= 4 is 44.1 Å². The average Bonchev–Trinajstić information content (AvgIpc) is 2.66. The normalized spacial score (nSPS) is 13.8. The lowest BCUT2D eigenvalue weighted by Crippen LogP contribution is -2.10. The highest BCUT2D eigenvalue weighted by Crippen LogP contribution is 2.26. The first-order valence-electron chi connectivity index (χ1n) is 6.25. The van der Waals surface area contributed by atoms with Crippen molar-refractivity contribution in [3.05, 3.63) is 29.0 Å². The molecule has 1 heterocycles. The summed E-state index contributed by atoms with van der Waals surface area (Å²) in [4.78, 5) is 4.49. The lowest BCUT2D eigenvalue weighted by atomic mass is 10.3. The number of hydrogen-bond donors (Lipinski definition) is 0. The molecular weight excluding hydrogens is 319 g/mol. The molecule has 0 N–H and O–H groups in total. The van der Waals surface area contributed by atoms with E-state index in [9.17, 15) is 8.42 Å².